The summed E-state index contributed by atoms with van der Waals surface area (Å²) < 4.78 is 22.8. The van der Waals surface area contributed by atoms with Crippen molar-refractivity contribution in [1.82, 2.24) is 0 Å². The summed E-state index contributed by atoms with van der Waals surface area (Å²) in [5, 5.41) is 12.8. The first kappa shape index (κ1) is 28.0. The van der Waals surface area contributed by atoms with Crippen molar-refractivity contribution in [3.63, 3.8) is 0 Å². The second kappa shape index (κ2) is 8.76. The second-order valence-corrected chi connectivity index (χ2v) is 11.7. The Morgan fingerprint density at radius 2 is 1.58 bits per heavy atom. The lowest BCUT2D eigenvalue weighted by Crippen LogP contribution is -2.66. The van der Waals surface area contributed by atoms with Crippen molar-refractivity contribution in [1.29, 1.82) is 0 Å². The van der Waals surface area contributed by atoms with Crippen LogP contribution in [0.5, 0.6) is 0 Å². The molecule has 0 radical (unpaired) electrons. The third-order valence-corrected chi connectivity index (χ3v) is 9.12. The normalized spacial score (nSPS) is 40.2. The standard InChI is InChI=1S/C28H36O10/c1-13-9-21-26(23(13)33,37-17(5)31)11-19(12-35-15(3)29)10-20-22-25(7,8)28(22,38-18(6)32)24(36-16(4)30)14(2)27(20,21)34/h9-10,14,20-22,24,34H,11-12H2,1-8H3/t14-,20+,21-,22-,24-,26-,27-,28-/m1/s1. The molecule has 4 rings (SSSR count). The SMILES string of the molecule is CC(=O)OCC1=C[C@H]2[C@@H]3C(C)(C)[C@]3(OC(C)=O)[C@H](OC(C)=O)[C@@H](C)[C@]2(O)[C@@H]2C=C(C)C(=O)[C@@]2(OC(C)=O)C1. The molecule has 10 heteroatoms. The van der Waals surface area contributed by atoms with Crippen molar-refractivity contribution in [2.24, 2.45) is 29.1 Å². The number of ketones is 1. The Balaban J connectivity index is 2.00. The fourth-order valence-electron chi connectivity index (χ4n) is 7.80. The van der Waals surface area contributed by atoms with Gasteiger partial charge in [0.15, 0.2) is 11.2 Å². The molecule has 0 aliphatic heterocycles. The molecule has 10 nitrogen and oxygen atoms in total. The molecule has 8 atom stereocenters. The number of esters is 4. The van der Waals surface area contributed by atoms with Gasteiger partial charge in [0.2, 0.25) is 5.78 Å². The van der Waals surface area contributed by atoms with Crippen molar-refractivity contribution >= 4 is 29.7 Å². The van der Waals surface area contributed by atoms with Gasteiger partial charge in [0, 0.05) is 57.3 Å². The molecule has 0 spiro atoms. The van der Waals surface area contributed by atoms with E-state index in [2.05, 4.69) is 0 Å². The van der Waals surface area contributed by atoms with Gasteiger partial charge in [0.1, 0.15) is 12.7 Å². The monoisotopic (exact) mass is 532 g/mol. The number of ether oxygens (including phenoxy) is 4. The largest absolute Gasteiger partial charge is 0.461 e. The first-order valence-electron chi connectivity index (χ1n) is 12.8. The predicted molar refractivity (Wildman–Crippen MR) is 131 cm³/mol. The molecule has 4 aliphatic carbocycles. The topological polar surface area (TPSA) is 143 Å². The minimum atomic E-state index is -1.79. The average Bonchev–Trinajstić information content (AvgIpc) is 3.19. The Bertz CT molecular complexity index is 1180. The Labute approximate surface area is 221 Å². The first-order valence-corrected chi connectivity index (χ1v) is 12.8. The van der Waals surface area contributed by atoms with Crippen molar-refractivity contribution in [2.75, 3.05) is 6.61 Å². The van der Waals surface area contributed by atoms with Crippen molar-refractivity contribution in [3.8, 4) is 0 Å². The lowest BCUT2D eigenvalue weighted by molar-refractivity contribution is -0.230. The highest BCUT2D eigenvalue weighted by Gasteiger charge is 2.88. The summed E-state index contributed by atoms with van der Waals surface area (Å²) in [6, 6.07) is 0. The summed E-state index contributed by atoms with van der Waals surface area (Å²) in [6.45, 7) is 11.8. The van der Waals surface area contributed by atoms with E-state index in [1.807, 2.05) is 13.8 Å². The van der Waals surface area contributed by atoms with E-state index < -0.39 is 81.7 Å². The van der Waals surface area contributed by atoms with Crippen LogP contribution in [0.25, 0.3) is 0 Å². The van der Waals surface area contributed by atoms with E-state index in [0.29, 0.717) is 11.1 Å². The molecular weight excluding hydrogens is 496 g/mol. The maximum absolute atomic E-state index is 13.7. The van der Waals surface area contributed by atoms with E-state index in [4.69, 9.17) is 18.9 Å². The molecule has 0 aromatic rings. The van der Waals surface area contributed by atoms with Gasteiger partial charge in [-0.3, -0.25) is 24.0 Å². The summed E-state index contributed by atoms with van der Waals surface area (Å²) in [4.78, 5) is 62.4. The fourth-order valence-corrected chi connectivity index (χ4v) is 7.80. The molecule has 4 aliphatic rings. The number of rotatable bonds is 5. The third-order valence-electron chi connectivity index (χ3n) is 9.12. The quantitative estimate of drug-likeness (QED) is 0.318. The zero-order valence-electron chi connectivity index (χ0n) is 23.1. The predicted octanol–water partition coefficient (Wildman–Crippen LogP) is 2.21. The van der Waals surface area contributed by atoms with E-state index in [1.54, 1.807) is 26.0 Å². The number of carbonyl (C=O) groups is 5. The summed E-state index contributed by atoms with van der Waals surface area (Å²) in [6.07, 6.45) is 2.24. The molecule has 2 fully saturated rings. The van der Waals surface area contributed by atoms with Crippen LogP contribution in [0.4, 0.5) is 0 Å². The highest BCUT2D eigenvalue weighted by atomic mass is 16.6. The van der Waals surface area contributed by atoms with Crippen LogP contribution in [0.2, 0.25) is 0 Å². The third kappa shape index (κ3) is 3.66. The zero-order chi connectivity index (χ0) is 28.6. The van der Waals surface area contributed by atoms with Gasteiger partial charge in [-0.25, -0.2) is 0 Å². The van der Waals surface area contributed by atoms with Gasteiger partial charge in [-0.1, -0.05) is 32.9 Å². The zero-order valence-corrected chi connectivity index (χ0v) is 23.1. The van der Waals surface area contributed by atoms with Gasteiger partial charge < -0.3 is 24.1 Å². The molecule has 0 aromatic carbocycles. The molecule has 0 bridgehead atoms. The van der Waals surface area contributed by atoms with Gasteiger partial charge in [0.25, 0.3) is 0 Å². The Morgan fingerprint density at radius 3 is 2.11 bits per heavy atom. The molecular formula is C28H36O10. The van der Waals surface area contributed by atoms with Gasteiger partial charge in [-0.15, -0.1) is 0 Å². The smallest absolute Gasteiger partial charge is 0.303 e. The number of Topliss-reactive ketones (excluding diaryl/α,β-unsaturated/α-hetero) is 1. The van der Waals surface area contributed by atoms with Crippen LogP contribution >= 0.6 is 0 Å². The fraction of sp³-hybridized carbons (Fsp3) is 0.679. The highest BCUT2D eigenvalue weighted by molar-refractivity contribution is 6.06. The van der Waals surface area contributed by atoms with Crippen LogP contribution < -0.4 is 0 Å². The van der Waals surface area contributed by atoms with E-state index >= 15 is 0 Å². The van der Waals surface area contributed by atoms with Gasteiger partial charge in [0.05, 0.1) is 11.5 Å². The molecule has 1 N–H and O–H groups in total. The minimum Gasteiger partial charge on any atom is -0.461 e. The lowest BCUT2D eigenvalue weighted by Gasteiger charge is -2.53. The van der Waals surface area contributed by atoms with E-state index in [9.17, 15) is 29.1 Å². The first-order chi connectivity index (χ1) is 17.5. The Hall–Kier alpha value is -3.01. The van der Waals surface area contributed by atoms with Crippen LogP contribution in [-0.4, -0.2) is 64.3 Å². The minimum absolute atomic E-state index is 0.103. The Morgan fingerprint density at radius 1 is 0.974 bits per heavy atom. The molecule has 0 heterocycles. The van der Waals surface area contributed by atoms with Crippen LogP contribution in [0.3, 0.4) is 0 Å². The van der Waals surface area contributed by atoms with Crippen LogP contribution in [0.15, 0.2) is 23.3 Å². The molecule has 208 valence electrons. The maximum Gasteiger partial charge on any atom is 0.303 e. The summed E-state index contributed by atoms with van der Waals surface area (Å²) in [5.74, 6) is -6.02. The van der Waals surface area contributed by atoms with Crippen LogP contribution in [0.1, 0.15) is 61.8 Å². The molecule has 2 saturated carbocycles. The molecule has 0 aromatic heterocycles. The van der Waals surface area contributed by atoms with E-state index in [0.717, 1.165) is 0 Å². The van der Waals surface area contributed by atoms with E-state index in [-0.39, 0.29) is 13.0 Å². The maximum atomic E-state index is 13.7. The van der Waals surface area contributed by atoms with Crippen LogP contribution in [-0.2, 0) is 42.9 Å². The average molecular weight is 533 g/mol. The van der Waals surface area contributed by atoms with Crippen molar-refractivity contribution < 1.29 is 48.0 Å². The number of hydrogen-bond donors (Lipinski definition) is 1. The van der Waals surface area contributed by atoms with Crippen molar-refractivity contribution in [2.45, 2.75) is 84.7 Å². The summed E-state index contributed by atoms with van der Waals surface area (Å²) in [5.41, 5.74) is -4.76. The van der Waals surface area contributed by atoms with Gasteiger partial charge >= 0.3 is 23.9 Å². The number of carbonyl (C=O) groups excluding carboxylic acids is 5. The van der Waals surface area contributed by atoms with E-state index in [1.165, 1.54) is 27.7 Å². The molecule has 0 saturated heterocycles. The lowest BCUT2D eigenvalue weighted by atomic mass is 9.59. The molecule has 0 amide bonds. The number of aliphatic hydroxyl groups is 1. The number of hydrogen-bond acceptors (Lipinski definition) is 10. The Kier molecular flexibility index (Phi) is 6.46. The molecule has 0 unspecified atom stereocenters. The van der Waals surface area contributed by atoms with Crippen LogP contribution in [0, 0.1) is 29.1 Å². The van der Waals surface area contributed by atoms with Crippen molar-refractivity contribution in [3.05, 3.63) is 23.3 Å². The van der Waals surface area contributed by atoms with Gasteiger partial charge in [-0.05, 0) is 18.1 Å². The summed E-state index contributed by atoms with van der Waals surface area (Å²) in [7, 11) is 0. The molecule has 38 heavy (non-hydrogen) atoms. The highest BCUT2D eigenvalue weighted by Crippen LogP contribution is 2.77. The van der Waals surface area contributed by atoms with Gasteiger partial charge in [-0.2, -0.15) is 0 Å². The number of fused-ring (bicyclic) bond motifs is 5. The summed E-state index contributed by atoms with van der Waals surface area (Å²) >= 11 is 0. The second-order valence-electron chi connectivity index (χ2n) is 11.7.